The first-order valence-electron chi connectivity index (χ1n) is 4.66. The van der Waals surface area contributed by atoms with Crippen LogP contribution >= 0.6 is 11.8 Å². The Kier molecular flexibility index (Phi) is 4.48. The minimum absolute atomic E-state index is 0.00847. The van der Waals surface area contributed by atoms with E-state index in [1.54, 1.807) is 0 Å². The van der Waals surface area contributed by atoms with Gasteiger partial charge < -0.3 is 10.1 Å². The van der Waals surface area contributed by atoms with Crippen LogP contribution in [0.5, 0.6) is 0 Å². The van der Waals surface area contributed by atoms with E-state index >= 15 is 0 Å². The summed E-state index contributed by atoms with van der Waals surface area (Å²) in [7, 11) is 0. The highest BCUT2D eigenvalue weighted by molar-refractivity contribution is 8.00. The summed E-state index contributed by atoms with van der Waals surface area (Å²) in [5.41, 5.74) is -2.00. The molecule has 16 heavy (non-hydrogen) atoms. The van der Waals surface area contributed by atoms with E-state index in [1.807, 2.05) is 6.92 Å². The molecule has 0 fully saturated rings. The third-order valence-electron chi connectivity index (χ3n) is 1.69. The molecule has 0 aliphatic heterocycles. The quantitative estimate of drug-likeness (QED) is 0.602. The van der Waals surface area contributed by atoms with Gasteiger partial charge in [-0.05, 0) is 18.2 Å². The van der Waals surface area contributed by atoms with Crippen molar-refractivity contribution in [3.05, 3.63) is 22.1 Å². The zero-order valence-corrected chi connectivity index (χ0v) is 9.38. The third-order valence-corrected chi connectivity index (χ3v) is 2.51. The van der Waals surface area contributed by atoms with Crippen molar-refractivity contribution in [3.8, 4) is 0 Å². The fourth-order valence-electron chi connectivity index (χ4n) is 1.07. The molecule has 0 amide bonds. The number of aromatic amines is 1. The van der Waals surface area contributed by atoms with E-state index in [1.165, 1.54) is 6.07 Å². The number of H-pyrrole nitrogens is 1. The maximum Gasteiger partial charge on any atom is 0.349 e. The lowest BCUT2D eigenvalue weighted by Crippen LogP contribution is -2.14. The number of thioether (sulfide) groups is 1. The summed E-state index contributed by atoms with van der Waals surface area (Å²) in [6, 6.07) is 1.32. The molecule has 0 spiro atoms. The monoisotopic (exact) mass is 246 g/mol. The zero-order chi connectivity index (χ0) is 12.1. The average molecular weight is 246 g/mol. The fourth-order valence-corrected chi connectivity index (χ4v) is 1.70. The molecular formula is C9H11FN2O3S. The predicted octanol–water partition coefficient (Wildman–Crippen LogP) is 1.19. The molecule has 0 bridgehead atoms. The minimum Gasteiger partial charge on any atom is -0.478 e. The Bertz CT molecular complexity index is 435. The summed E-state index contributed by atoms with van der Waals surface area (Å²) in [4.78, 5) is 27.7. The summed E-state index contributed by atoms with van der Waals surface area (Å²) < 4.78 is 12.9. The number of rotatable bonds is 5. The molecule has 0 aliphatic rings. The van der Waals surface area contributed by atoms with Crippen molar-refractivity contribution in [2.45, 2.75) is 30.4 Å². The summed E-state index contributed by atoms with van der Waals surface area (Å²) in [6.45, 7) is 1.92. The standard InChI is InChI=1S/C9H11FN2O3S/c1-2-3-5-4-6(13)12-9(11-5)16-7(10)8(14)15/h4,7H,2-3H2,1H3,(H,14,15)(H,11,12,13). The van der Waals surface area contributed by atoms with Crippen LogP contribution in [0.2, 0.25) is 0 Å². The van der Waals surface area contributed by atoms with Crippen molar-refractivity contribution in [3.63, 3.8) is 0 Å². The molecular weight excluding hydrogens is 235 g/mol. The van der Waals surface area contributed by atoms with Crippen molar-refractivity contribution < 1.29 is 14.3 Å². The van der Waals surface area contributed by atoms with Crippen LogP contribution in [-0.2, 0) is 11.2 Å². The molecule has 1 aromatic rings. The van der Waals surface area contributed by atoms with Gasteiger partial charge >= 0.3 is 5.97 Å². The second-order valence-electron chi connectivity index (χ2n) is 3.06. The Hall–Kier alpha value is -1.37. The maximum atomic E-state index is 12.9. The number of nitrogens with zero attached hydrogens (tertiary/aromatic N) is 1. The Balaban J connectivity index is 2.88. The molecule has 88 valence electrons. The van der Waals surface area contributed by atoms with Crippen LogP contribution in [0.1, 0.15) is 19.0 Å². The first kappa shape index (κ1) is 12.7. The third kappa shape index (κ3) is 3.65. The SMILES string of the molecule is CCCc1cc(=O)[nH]c(SC(F)C(=O)O)n1. The number of aromatic nitrogens is 2. The van der Waals surface area contributed by atoms with E-state index < -0.39 is 17.0 Å². The molecule has 1 rings (SSSR count). The van der Waals surface area contributed by atoms with E-state index in [0.29, 0.717) is 23.9 Å². The smallest absolute Gasteiger partial charge is 0.349 e. The molecule has 5 nitrogen and oxygen atoms in total. The van der Waals surface area contributed by atoms with Gasteiger partial charge in [0.05, 0.1) is 0 Å². The highest BCUT2D eigenvalue weighted by Gasteiger charge is 2.18. The van der Waals surface area contributed by atoms with E-state index in [9.17, 15) is 14.0 Å². The highest BCUT2D eigenvalue weighted by Crippen LogP contribution is 2.19. The van der Waals surface area contributed by atoms with Crippen molar-refractivity contribution >= 4 is 17.7 Å². The largest absolute Gasteiger partial charge is 0.478 e. The number of aryl methyl sites for hydroxylation is 1. The first-order chi connectivity index (χ1) is 7.52. The van der Waals surface area contributed by atoms with E-state index in [4.69, 9.17) is 5.11 Å². The number of alkyl halides is 1. The summed E-state index contributed by atoms with van der Waals surface area (Å²) in [6.07, 6.45) is 1.40. The van der Waals surface area contributed by atoms with Gasteiger partial charge in [0.2, 0.25) is 5.50 Å². The molecule has 1 atom stereocenters. The van der Waals surface area contributed by atoms with Crippen molar-refractivity contribution in [1.82, 2.24) is 9.97 Å². The van der Waals surface area contributed by atoms with Crippen molar-refractivity contribution in [1.29, 1.82) is 0 Å². The zero-order valence-electron chi connectivity index (χ0n) is 8.57. The van der Waals surface area contributed by atoms with Crippen LogP contribution in [0.4, 0.5) is 4.39 Å². The first-order valence-corrected chi connectivity index (χ1v) is 5.54. The molecule has 1 aromatic heterocycles. The molecule has 2 N–H and O–H groups in total. The Morgan fingerprint density at radius 1 is 1.75 bits per heavy atom. The van der Waals surface area contributed by atoms with Gasteiger partial charge in [-0.3, -0.25) is 4.79 Å². The van der Waals surface area contributed by atoms with E-state index in [2.05, 4.69) is 9.97 Å². The lowest BCUT2D eigenvalue weighted by molar-refractivity contribution is -0.139. The molecule has 0 aliphatic carbocycles. The molecule has 1 heterocycles. The van der Waals surface area contributed by atoms with Gasteiger partial charge in [0, 0.05) is 11.8 Å². The molecule has 0 saturated heterocycles. The van der Waals surface area contributed by atoms with Gasteiger partial charge in [0.25, 0.3) is 5.56 Å². The van der Waals surface area contributed by atoms with Gasteiger partial charge in [-0.25, -0.2) is 14.2 Å². The number of hydrogen-bond donors (Lipinski definition) is 2. The second-order valence-corrected chi connectivity index (χ2v) is 4.10. The van der Waals surface area contributed by atoms with Crippen LogP contribution < -0.4 is 5.56 Å². The summed E-state index contributed by atoms with van der Waals surface area (Å²) in [5, 5.41) is 8.36. The number of carboxylic acid groups (broad SMARTS) is 1. The van der Waals surface area contributed by atoms with Crippen LogP contribution in [0.15, 0.2) is 16.0 Å². The van der Waals surface area contributed by atoms with Crippen LogP contribution in [-0.4, -0.2) is 26.5 Å². The number of hydrogen-bond acceptors (Lipinski definition) is 4. The lowest BCUT2D eigenvalue weighted by Gasteiger charge is -2.03. The Morgan fingerprint density at radius 3 is 3.00 bits per heavy atom. The van der Waals surface area contributed by atoms with Crippen LogP contribution in [0.25, 0.3) is 0 Å². The van der Waals surface area contributed by atoms with Crippen LogP contribution in [0, 0.1) is 0 Å². The maximum absolute atomic E-state index is 12.9. The molecule has 7 heteroatoms. The molecule has 0 radical (unpaired) electrons. The number of carboxylic acids is 1. The number of halogens is 1. The molecule has 1 unspecified atom stereocenters. The van der Waals surface area contributed by atoms with Gasteiger partial charge in [0.15, 0.2) is 5.16 Å². The molecule has 0 aromatic carbocycles. The van der Waals surface area contributed by atoms with Crippen molar-refractivity contribution in [2.24, 2.45) is 0 Å². The predicted molar refractivity (Wildman–Crippen MR) is 57.2 cm³/mol. The highest BCUT2D eigenvalue weighted by atomic mass is 32.2. The Labute approximate surface area is 95.1 Å². The molecule has 0 saturated carbocycles. The van der Waals surface area contributed by atoms with Crippen molar-refractivity contribution in [2.75, 3.05) is 0 Å². The van der Waals surface area contributed by atoms with Gasteiger partial charge in [0.1, 0.15) is 0 Å². The topological polar surface area (TPSA) is 83.0 Å². The van der Waals surface area contributed by atoms with Gasteiger partial charge in [-0.15, -0.1) is 0 Å². The summed E-state index contributed by atoms with van der Waals surface area (Å²) >= 11 is 0.373. The van der Waals surface area contributed by atoms with Gasteiger partial charge in [-0.1, -0.05) is 13.3 Å². The number of carbonyl (C=O) groups is 1. The number of aliphatic carboxylic acids is 1. The van der Waals surface area contributed by atoms with Crippen LogP contribution in [0.3, 0.4) is 0 Å². The lowest BCUT2D eigenvalue weighted by atomic mass is 10.2. The Morgan fingerprint density at radius 2 is 2.44 bits per heavy atom. The fraction of sp³-hybridized carbons (Fsp3) is 0.444. The van der Waals surface area contributed by atoms with Gasteiger partial charge in [-0.2, -0.15) is 0 Å². The van der Waals surface area contributed by atoms with E-state index in [-0.39, 0.29) is 5.16 Å². The average Bonchev–Trinajstić information content (AvgIpc) is 2.16. The normalized spacial score (nSPS) is 12.4. The summed E-state index contributed by atoms with van der Waals surface area (Å²) in [5.74, 6) is -1.59. The van der Waals surface area contributed by atoms with E-state index in [0.717, 1.165) is 6.42 Å². The number of nitrogens with one attached hydrogen (secondary N) is 1. The minimum atomic E-state index is -2.12. The second kappa shape index (κ2) is 5.64.